The number of anilines is 1. The first-order chi connectivity index (χ1) is 18.3. The van der Waals surface area contributed by atoms with Crippen LogP contribution in [0.2, 0.25) is 5.02 Å². The zero-order valence-corrected chi connectivity index (χ0v) is 22.7. The number of aliphatic imine (C=N–C) groups is 1. The summed E-state index contributed by atoms with van der Waals surface area (Å²) in [5.41, 5.74) is 3.55. The Balaban J connectivity index is 1.56. The maximum atomic E-state index is 13.3. The van der Waals surface area contributed by atoms with Gasteiger partial charge in [0.1, 0.15) is 5.25 Å². The number of hydrogen-bond acceptors (Lipinski definition) is 6. The van der Waals surface area contributed by atoms with Gasteiger partial charge in [0.15, 0.2) is 5.17 Å². The molecule has 1 aliphatic rings. The van der Waals surface area contributed by atoms with Crippen LogP contribution in [0.5, 0.6) is 0 Å². The van der Waals surface area contributed by atoms with Crippen LogP contribution in [-0.2, 0) is 20.7 Å². The van der Waals surface area contributed by atoms with Crippen LogP contribution in [0.15, 0.2) is 77.8 Å². The number of halogens is 1. The fourth-order valence-corrected chi connectivity index (χ4v) is 5.14. The second kappa shape index (κ2) is 12.8. The van der Waals surface area contributed by atoms with E-state index in [1.807, 2.05) is 43.3 Å². The van der Waals surface area contributed by atoms with Gasteiger partial charge in [0.25, 0.3) is 0 Å². The van der Waals surface area contributed by atoms with Gasteiger partial charge in [-0.05, 0) is 67.8 Å². The van der Waals surface area contributed by atoms with Gasteiger partial charge in [-0.1, -0.05) is 59.8 Å². The number of nitrogens with zero attached hydrogens (tertiary/aromatic N) is 2. The maximum Gasteiger partial charge on any atom is 0.338 e. The van der Waals surface area contributed by atoms with Gasteiger partial charge in [-0.25, -0.2) is 9.79 Å². The van der Waals surface area contributed by atoms with Crippen molar-refractivity contribution in [2.24, 2.45) is 4.99 Å². The first-order valence-electron chi connectivity index (χ1n) is 12.3. The normalized spacial score (nSPS) is 16.4. The van der Waals surface area contributed by atoms with E-state index in [0.717, 1.165) is 11.1 Å². The molecule has 1 unspecified atom stereocenters. The summed E-state index contributed by atoms with van der Waals surface area (Å²) >= 11 is 7.45. The molecule has 196 valence electrons. The molecular formula is C29H28ClN3O4S. The van der Waals surface area contributed by atoms with E-state index < -0.39 is 11.2 Å². The van der Waals surface area contributed by atoms with Crippen LogP contribution in [0.4, 0.5) is 11.4 Å². The Morgan fingerprint density at radius 1 is 1.11 bits per heavy atom. The molecule has 0 aromatic heterocycles. The molecule has 0 bridgehead atoms. The van der Waals surface area contributed by atoms with E-state index in [-0.39, 0.29) is 24.8 Å². The number of aryl methyl sites for hydroxylation is 1. The standard InChI is InChI=1S/C29H28ClN3O4S/c1-3-37-28(36)21-10-13-22(14-11-21)32-29-33(16-15-20-7-5-4-6-8-20)26(34)18-25(38-29)27(35)31-23-12-9-19(2)24(30)17-23/h4-14,17,25H,3,15-16,18H2,1-2H3,(H,31,35). The SMILES string of the molecule is CCOC(=O)c1ccc(N=C2SC(C(=O)Nc3ccc(C)c(Cl)c3)CC(=O)N2CCc2ccccc2)cc1. The van der Waals surface area contributed by atoms with Crippen LogP contribution in [0.3, 0.4) is 0 Å². The topological polar surface area (TPSA) is 88.1 Å². The quantitative estimate of drug-likeness (QED) is 0.347. The summed E-state index contributed by atoms with van der Waals surface area (Å²) in [6.07, 6.45) is 0.693. The Labute approximate surface area is 231 Å². The minimum Gasteiger partial charge on any atom is -0.462 e. The summed E-state index contributed by atoms with van der Waals surface area (Å²) in [5, 5.41) is 3.19. The van der Waals surface area contributed by atoms with Crippen molar-refractivity contribution in [2.45, 2.75) is 31.9 Å². The third-order valence-electron chi connectivity index (χ3n) is 5.94. The highest BCUT2D eigenvalue weighted by Crippen LogP contribution is 2.31. The lowest BCUT2D eigenvalue weighted by Crippen LogP contribution is -2.46. The van der Waals surface area contributed by atoms with E-state index in [4.69, 9.17) is 21.3 Å². The minimum absolute atomic E-state index is 0.0473. The summed E-state index contributed by atoms with van der Waals surface area (Å²) in [5.74, 6) is -0.883. The Kier molecular flexibility index (Phi) is 9.20. The van der Waals surface area contributed by atoms with Crippen molar-refractivity contribution in [2.75, 3.05) is 18.5 Å². The molecular weight excluding hydrogens is 522 g/mol. The summed E-state index contributed by atoms with van der Waals surface area (Å²) in [7, 11) is 0. The molecule has 0 radical (unpaired) electrons. The van der Waals surface area contributed by atoms with Crippen LogP contribution in [0, 0.1) is 6.92 Å². The second-order valence-corrected chi connectivity index (χ2v) is 10.3. The lowest BCUT2D eigenvalue weighted by Gasteiger charge is -2.32. The average Bonchev–Trinajstić information content (AvgIpc) is 2.91. The molecule has 1 heterocycles. The molecule has 7 nitrogen and oxygen atoms in total. The van der Waals surface area contributed by atoms with Gasteiger partial charge < -0.3 is 10.1 Å². The van der Waals surface area contributed by atoms with Gasteiger partial charge in [-0.3, -0.25) is 14.5 Å². The number of nitrogens with one attached hydrogen (secondary N) is 1. The predicted molar refractivity (Wildman–Crippen MR) is 152 cm³/mol. The highest BCUT2D eigenvalue weighted by Gasteiger charge is 2.35. The third-order valence-corrected chi connectivity index (χ3v) is 7.54. The molecule has 1 atom stereocenters. The van der Waals surface area contributed by atoms with Crippen LogP contribution >= 0.6 is 23.4 Å². The Morgan fingerprint density at radius 2 is 1.84 bits per heavy atom. The van der Waals surface area contributed by atoms with Crippen LogP contribution < -0.4 is 5.32 Å². The lowest BCUT2D eigenvalue weighted by atomic mass is 10.1. The Hall–Kier alpha value is -3.62. The fraction of sp³-hybridized carbons (Fsp3) is 0.241. The van der Waals surface area contributed by atoms with Crippen LogP contribution in [-0.4, -0.2) is 46.3 Å². The van der Waals surface area contributed by atoms with Crippen molar-refractivity contribution in [1.29, 1.82) is 0 Å². The molecule has 9 heteroatoms. The lowest BCUT2D eigenvalue weighted by molar-refractivity contribution is -0.129. The molecule has 38 heavy (non-hydrogen) atoms. The number of hydrogen-bond donors (Lipinski definition) is 1. The number of ether oxygens (including phenoxy) is 1. The van der Waals surface area contributed by atoms with Gasteiger partial charge in [0.2, 0.25) is 11.8 Å². The van der Waals surface area contributed by atoms with Crippen molar-refractivity contribution in [1.82, 2.24) is 4.90 Å². The van der Waals surface area contributed by atoms with Gasteiger partial charge in [-0.15, -0.1) is 0 Å². The number of carbonyl (C=O) groups excluding carboxylic acids is 3. The van der Waals surface area contributed by atoms with E-state index in [1.165, 1.54) is 11.8 Å². The van der Waals surface area contributed by atoms with Gasteiger partial charge in [0, 0.05) is 23.7 Å². The minimum atomic E-state index is -0.659. The molecule has 1 aliphatic heterocycles. The molecule has 4 rings (SSSR count). The first-order valence-corrected chi connectivity index (χ1v) is 13.5. The molecule has 3 aromatic rings. The second-order valence-electron chi connectivity index (χ2n) is 8.71. The Morgan fingerprint density at radius 3 is 2.53 bits per heavy atom. The van der Waals surface area contributed by atoms with E-state index in [2.05, 4.69) is 5.32 Å². The molecule has 1 N–H and O–H groups in total. The summed E-state index contributed by atoms with van der Waals surface area (Å²) < 4.78 is 5.04. The third kappa shape index (κ3) is 7.02. The van der Waals surface area contributed by atoms with Crippen molar-refractivity contribution < 1.29 is 19.1 Å². The van der Waals surface area contributed by atoms with Crippen molar-refractivity contribution in [3.05, 3.63) is 94.5 Å². The maximum absolute atomic E-state index is 13.3. The molecule has 3 aromatic carbocycles. The summed E-state index contributed by atoms with van der Waals surface area (Å²) in [6, 6.07) is 21.8. The molecule has 0 aliphatic carbocycles. The highest BCUT2D eigenvalue weighted by atomic mass is 35.5. The number of amidine groups is 1. The van der Waals surface area contributed by atoms with E-state index in [1.54, 1.807) is 48.2 Å². The highest BCUT2D eigenvalue weighted by molar-refractivity contribution is 8.15. The number of amides is 2. The van der Waals surface area contributed by atoms with E-state index in [9.17, 15) is 14.4 Å². The number of thioether (sulfide) groups is 1. The van der Waals surface area contributed by atoms with Gasteiger partial charge in [0.05, 0.1) is 17.9 Å². The smallest absolute Gasteiger partial charge is 0.338 e. The van der Waals surface area contributed by atoms with Crippen molar-refractivity contribution in [3.8, 4) is 0 Å². The molecule has 1 fully saturated rings. The molecule has 2 amide bonds. The first kappa shape index (κ1) is 27.4. The van der Waals surface area contributed by atoms with Crippen LogP contribution in [0.25, 0.3) is 0 Å². The fourth-order valence-electron chi connectivity index (χ4n) is 3.84. The molecule has 0 saturated carbocycles. The zero-order chi connectivity index (χ0) is 27.1. The van der Waals surface area contributed by atoms with Crippen molar-refractivity contribution >= 4 is 57.7 Å². The number of esters is 1. The van der Waals surface area contributed by atoms with Crippen LogP contribution in [0.1, 0.15) is 34.8 Å². The predicted octanol–water partition coefficient (Wildman–Crippen LogP) is 6.03. The van der Waals surface area contributed by atoms with E-state index >= 15 is 0 Å². The monoisotopic (exact) mass is 549 g/mol. The van der Waals surface area contributed by atoms with E-state index in [0.29, 0.717) is 40.1 Å². The van der Waals surface area contributed by atoms with Gasteiger partial charge in [-0.2, -0.15) is 0 Å². The van der Waals surface area contributed by atoms with Crippen molar-refractivity contribution in [3.63, 3.8) is 0 Å². The average molecular weight is 550 g/mol. The Bertz CT molecular complexity index is 1350. The summed E-state index contributed by atoms with van der Waals surface area (Å²) in [4.78, 5) is 44.7. The summed E-state index contributed by atoms with van der Waals surface area (Å²) in [6.45, 7) is 4.35. The molecule has 1 saturated heterocycles. The largest absolute Gasteiger partial charge is 0.462 e. The zero-order valence-electron chi connectivity index (χ0n) is 21.1. The van der Waals surface area contributed by atoms with Gasteiger partial charge >= 0.3 is 5.97 Å². The number of rotatable bonds is 8. The number of benzene rings is 3. The molecule has 0 spiro atoms. The number of carbonyl (C=O) groups is 3.